The van der Waals surface area contributed by atoms with Gasteiger partial charge in [0.05, 0.1) is 26.9 Å². The summed E-state index contributed by atoms with van der Waals surface area (Å²) in [6.45, 7) is 2.26. The lowest BCUT2D eigenvalue weighted by Crippen LogP contribution is -2.06. The number of hydrogen-bond donors (Lipinski definition) is 0. The summed E-state index contributed by atoms with van der Waals surface area (Å²) in [4.78, 5) is 0. The second-order valence-corrected chi connectivity index (χ2v) is 7.61. The molecular weight excluding hydrogens is 364 g/mol. The van der Waals surface area contributed by atoms with Crippen molar-refractivity contribution in [1.29, 1.82) is 0 Å². The van der Waals surface area contributed by atoms with Gasteiger partial charge in [-0.15, -0.1) is 0 Å². The summed E-state index contributed by atoms with van der Waals surface area (Å²) >= 11 is 0. The van der Waals surface area contributed by atoms with Gasteiger partial charge in [0.15, 0.2) is 6.29 Å². The van der Waals surface area contributed by atoms with Gasteiger partial charge >= 0.3 is 0 Å². The highest BCUT2D eigenvalue weighted by atomic mass is 16.7. The maximum atomic E-state index is 6.01. The van der Waals surface area contributed by atoms with E-state index >= 15 is 0 Å². The van der Waals surface area contributed by atoms with Crippen molar-refractivity contribution in [1.82, 2.24) is 0 Å². The van der Waals surface area contributed by atoms with E-state index in [1.54, 1.807) is 7.11 Å². The maximum absolute atomic E-state index is 6.01. The van der Waals surface area contributed by atoms with Crippen LogP contribution in [0.5, 0.6) is 11.5 Å². The Morgan fingerprint density at radius 1 is 0.793 bits per heavy atom. The van der Waals surface area contributed by atoms with E-state index in [-0.39, 0.29) is 6.29 Å². The van der Waals surface area contributed by atoms with Gasteiger partial charge in [0, 0.05) is 6.07 Å². The van der Waals surface area contributed by atoms with Crippen LogP contribution in [-0.2, 0) is 15.9 Å². The molecule has 1 heterocycles. The van der Waals surface area contributed by atoms with E-state index in [2.05, 4.69) is 36.4 Å². The first-order valence-electron chi connectivity index (χ1n) is 10.9. The Bertz CT molecular complexity index is 695. The smallest absolute Gasteiger partial charge is 0.157 e. The van der Waals surface area contributed by atoms with Gasteiger partial charge in [-0.2, -0.15) is 0 Å². The Morgan fingerprint density at radius 2 is 1.48 bits per heavy atom. The quantitative estimate of drug-likeness (QED) is 0.402. The molecule has 0 N–H and O–H groups in total. The number of rotatable bonds is 13. The number of methoxy groups -OCH3 is 1. The van der Waals surface area contributed by atoms with Crippen molar-refractivity contribution in [2.75, 3.05) is 26.9 Å². The van der Waals surface area contributed by atoms with Crippen molar-refractivity contribution in [3.63, 3.8) is 0 Å². The van der Waals surface area contributed by atoms with Crippen molar-refractivity contribution in [3.8, 4) is 11.5 Å². The molecule has 2 aromatic rings. The molecule has 0 unspecified atom stereocenters. The fourth-order valence-electron chi connectivity index (χ4n) is 3.65. The van der Waals surface area contributed by atoms with Gasteiger partial charge in [0.25, 0.3) is 0 Å². The van der Waals surface area contributed by atoms with Crippen LogP contribution in [0.3, 0.4) is 0 Å². The van der Waals surface area contributed by atoms with Crippen LogP contribution in [0.4, 0.5) is 0 Å². The van der Waals surface area contributed by atoms with Crippen molar-refractivity contribution in [3.05, 3.63) is 59.7 Å². The van der Waals surface area contributed by atoms with Gasteiger partial charge in [-0.05, 0) is 48.9 Å². The molecule has 0 atom stereocenters. The van der Waals surface area contributed by atoms with Crippen LogP contribution in [-0.4, -0.2) is 33.2 Å². The molecule has 1 aliphatic rings. The molecule has 0 amide bonds. The molecule has 0 saturated carbocycles. The molecule has 4 nitrogen and oxygen atoms in total. The maximum Gasteiger partial charge on any atom is 0.157 e. The summed E-state index contributed by atoms with van der Waals surface area (Å²) in [5, 5.41) is 0. The minimum absolute atomic E-state index is 0.0537. The minimum Gasteiger partial charge on any atom is -0.497 e. The van der Waals surface area contributed by atoms with E-state index in [0.29, 0.717) is 0 Å². The molecule has 158 valence electrons. The van der Waals surface area contributed by atoms with E-state index in [0.717, 1.165) is 50.6 Å². The monoisotopic (exact) mass is 398 g/mol. The largest absolute Gasteiger partial charge is 0.497 e. The third kappa shape index (κ3) is 8.08. The average molecular weight is 399 g/mol. The summed E-state index contributed by atoms with van der Waals surface area (Å²) in [7, 11) is 1.70. The summed E-state index contributed by atoms with van der Waals surface area (Å²) in [6.07, 6.45) is 9.23. The minimum atomic E-state index is 0.0537. The van der Waals surface area contributed by atoms with Crippen LogP contribution in [0.25, 0.3) is 0 Å². The first-order chi connectivity index (χ1) is 14.3. The molecule has 0 bridgehead atoms. The number of benzene rings is 2. The number of hydrogen-bond acceptors (Lipinski definition) is 4. The molecule has 0 aromatic heterocycles. The van der Waals surface area contributed by atoms with Crippen LogP contribution < -0.4 is 9.47 Å². The summed E-state index contributed by atoms with van der Waals surface area (Å²) in [6, 6.07) is 16.7. The molecule has 2 aromatic carbocycles. The Hall–Kier alpha value is -2.04. The van der Waals surface area contributed by atoms with Crippen LogP contribution in [0.2, 0.25) is 0 Å². The standard InChI is InChI=1S/C25H34O4/c1-26-23-18-22(17-21-11-7-6-8-12-21)19-24(20-23)27-14-10-5-3-2-4-9-13-25-28-15-16-29-25/h6-8,11-12,18-20,25H,2-5,9-10,13-17H2,1H3. The lowest BCUT2D eigenvalue weighted by molar-refractivity contribution is -0.0480. The topological polar surface area (TPSA) is 36.9 Å². The van der Waals surface area contributed by atoms with Crippen LogP contribution in [0.15, 0.2) is 48.5 Å². The Balaban J connectivity index is 1.31. The van der Waals surface area contributed by atoms with Gasteiger partial charge in [-0.1, -0.05) is 56.0 Å². The first kappa shape index (κ1) is 21.7. The average Bonchev–Trinajstić information content (AvgIpc) is 3.26. The Labute approximate surface area is 175 Å². The van der Waals surface area contributed by atoms with Crippen LogP contribution in [0, 0.1) is 0 Å². The van der Waals surface area contributed by atoms with Gasteiger partial charge < -0.3 is 18.9 Å². The van der Waals surface area contributed by atoms with E-state index < -0.39 is 0 Å². The molecule has 1 saturated heterocycles. The predicted octanol–water partition coefficient (Wildman–Crippen LogP) is 5.77. The normalized spacial score (nSPS) is 14.2. The second-order valence-electron chi connectivity index (χ2n) is 7.61. The van der Waals surface area contributed by atoms with Crippen molar-refractivity contribution < 1.29 is 18.9 Å². The molecule has 0 aliphatic carbocycles. The molecule has 3 rings (SSSR count). The van der Waals surface area contributed by atoms with Crippen molar-refractivity contribution in [2.45, 2.75) is 57.7 Å². The molecule has 1 aliphatic heterocycles. The SMILES string of the molecule is COc1cc(Cc2ccccc2)cc(OCCCCCCCCC2OCCO2)c1. The number of ether oxygens (including phenoxy) is 4. The lowest BCUT2D eigenvalue weighted by atomic mass is 10.0. The highest BCUT2D eigenvalue weighted by Gasteiger charge is 2.14. The van der Waals surface area contributed by atoms with Crippen molar-refractivity contribution in [2.24, 2.45) is 0 Å². The Kier molecular flexibility index (Phi) is 9.34. The zero-order valence-electron chi connectivity index (χ0n) is 17.6. The summed E-state index contributed by atoms with van der Waals surface area (Å²) in [5.41, 5.74) is 2.50. The van der Waals surface area contributed by atoms with Gasteiger partial charge in [-0.3, -0.25) is 0 Å². The van der Waals surface area contributed by atoms with E-state index in [1.165, 1.54) is 43.2 Å². The fraction of sp³-hybridized carbons (Fsp3) is 0.520. The summed E-state index contributed by atoms with van der Waals surface area (Å²) in [5.74, 6) is 1.75. The van der Waals surface area contributed by atoms with Crippen LogP contribution in [0.1, 0.15) is 56.1 Å². The fourth-order valence-corrected chi connectivity index (χ4v) is 3.65. The second kappa shape index (κ2) is 12.5. The molecule has 0 radical (unpaired) electrons. The molecule has 1 fully saturated rings. The summed E-state index contributed by atoms with van der Waals surface area (Å²) < 4.78 is 22.4. The molecular formula is C25H34O4. The number of unbranched alkanes of at least 4 members (excludes halogenated alkanes) is 5. The lowest BCUT2D eigenvalue weighted by Gasteiger charge is -2.11. The zero-order chi connectivity index (χ0) is 20.2. The zero-order valence-corrected chi connectivity index (χ0v) is 17.6. The van der Waals surface area contributed by atoms with Gasteiger partial charge in [0.2, 0.25) is 0 Å². The van der Waals surface area contributed by atoms with Crippen molar-refractivity contribution >= 4 is 0 Å². The predicted molar refractivity (Wildman–Crippen MR) is 116 cm³/mol. The highest BCUT2D eigenvalue weighted by molar-refractivity contribution is 5.40. The molecule has 29 heavy (non-hydrogen) atoms. The van der Waals surface area contributed by atoms with Crippen LogP contribution >= 0.6 is 0 Å². The first-order valence-corrected chi connectivity index (χ1v) is 10.9. The Morgan fingerprint density at radius 3 is 2.24 bits per heavy atom. The molecule has 0 spiro atoms. The third-order valence-corrected chi connectivity index (χ3v) is 5.22. The van der Waals surface area contributed by atoms with E-state index in [4.69, 9.17) is 18.9 Å². The van der Waals surface area contributed by atoms with Gasteiger partial charge in [0.1, 0.15) is 11.5 Å². The van der Waals surface area contributed by atoms with E-state index in [1.807, 2.05) is 12.1 Å². The molecule has 4 heteroatoms. The third-order valence-electron chi connectivity index (χ3n) is 5.22. The van der Waals surface area contributed by atoms with E-state index in [9.17, 15) is 0 Å². The highest BCUT2D eigenvalue weighted by Crippen LogP contribution is 2.25. The van der Waals surface area contributed by atoms with Gasteiger partial charge in [-0.25, -0.2) is 0 Å².